The Morgan fingerprint density at radius 2 is 1.84 bits per heavy atom. The number of likely N-dealkylation sites (tertiary alicyclic amines) is 1. The average molecular weight is 378 g/mol. The van der Waals surface area contributed by atoms with E-state index in [1.54, 1.807) is 23.1 Å². The molecule has 1 amide bonds. The number of ether oxygens (including phenoxy) is 1. The van der Waals surface area contributed by atoms with E-state index in [9.17, 15) is 9.59 Å². The highest BCUT2D eigenvalue weighted by Gasteiger charge is 2.53. The Morgan fingerprint density at radius 3 is 2.44 bits per heavy atom. The van der Waals surface area contributed by atoms with Crippen LogP contribution in [0.3, 0.4) is 0 Å². The number of esters is 1. The summed E-state index contributed by atoms with van der Waals surface area (Å²) in [4.78, 5) is 25.8. The number of rotatable bonds is 4. The number of benzene rings is 2. The van der Waals surface area contributed by atoms with Crippen LogP contribution in [-0.2, 0) is 14.3 Å². The Labute approximate surface area is 156 Å². The van der Waals surface area contributed by atoms with Gasteiger partial charge in [-0.15, -0.1) is 0 Å². The van der Waals surface area contributed by atoms with Gasteiger partial charge in [0.1, 0.15) is 6.04 Å². The quantitative estimate of drug-likeness (QED) is 0.579. The van der Waals surface area contributed by atoms with E-state index in [0.717, 1.165) is 5.56 Å². The molecule has 1 saturated heterocycles. The molecule has 0 N–H and O–H groups in total. The lowest BCUT2D eigenvalue weighted by Crippen LogP contribution is -2.60. The lowest BCUT2D eigenvalue weighted by molar-refractivity contribution is -0.186. The zero-order valence-electron chi connectivity index (χ0n) is 13.8. The summed E-state index contributed by atoms with van der Waals surface area (Å²) in [7, 11) is 0. The Kier molecular flexibility index (Phi) is 5.02. The van der Waals surface area contributed by atoms with Crippen molar-refractivity contribution in [1.29, 1.82) is 0 Å². The van der Waals surface area contributed by atoms with E-state index in [1.165, 1.54) is 6.92 Å². The molecule has 6 heteroatoms. The molecule has 25 heavy (non-hydrogen) atoms. The van der Waals surface area contributed by atoms with E-state index in [1.807, 2.05) is 37.3 Å². The number of hydrogen-bond donors (Lipinski definition) is 0. The van der Waals surface area contributed by atoms with Crippen LogP contribution in [0.4, 0.5) is 0 Å². The summed E-state index contributed by atoms with van der Waals surface area (Å²) in [5.41, 5.74) is 1.70. The zero-order valence-corrected chi connectivity index (χ0v) is 15.3. The first-order valence-corrected chi connectivity index (χ1v) is 8.65. The van der Waals surface area contributed by atoms with Crippen molar-refractivity contribution in [2.75, 3.05) is 0 Å². The van der Waals surface area contributed by atoms with Gasteiger partial charge in [0.25, 0.3) is 5.91 Å². The first kappa shape index (κ1) is 17.8. The minimum absolute atomic E-state index is 0.183. The van der Waals surface area contributed by atoms with Crippen LogP contribution in [0, 0.1) is 0 Å². The Balaban J connectivity index is 1.98. The lowest BCUT2D eigenvalue weighted by atomic mass is 9.87. The van der Waals surface area contributed by atoms with Crippen LogP contribution >= 0.6 is 23.2 Å². The predicted octanol–water partition coefficient (Wildman–Crippen LogP) is 4.57. The SMILES string of the molecule is CC(=O)O[C@H]1C(=O)N([C@@H](C)c2ccccc2)[C@H]1c1ccc(Cl)cc1Cl. The second-order valence-electron chi connectivity index (χ2n) is 5.97. The second-order valence-corrected chi connectivity index (χ2v) is 6.82. The fourth-order valence-electron chi connectivity index (χ4n) is 3.15. The van der Waals surface area contributed by atoms with Gasteiger partial charge >= 0.3 is 5.97 Å². The molecule has 2 aromatic rings. The highest BCUT2D eigenvalue weighted by molar-refractivity contribution is 6.35. The van der Waals surface area contributed by atoms with Gasteiger partial charge in [0.15, 0.2) is 0 Å². The molecule has 0 aliphatic carbocycles. The maximum Gasteiger partial charge on any atom is 0.303 e. The highest BCUT2D eigenvalue weighted by atomic mass is 35.5. The summed E-state index contributed by atoms with van der Waals surface area (Å²) in [6, 6.07) is 14.1. The third-order valence-electron chi connectivity index (χ3n) is 4.36. The summed E-state index contributed by atoms with van der Waals surface area (Å²) >= 11 is 12.3. The van der Waals surface area contributed by atoms with E-state index >= 15 is 0 Å². The van der Waals surface area contributed by atoms with Crippen LogP contribution in [0.1, 0.15) is 37.1 Å². The summed E-state index contributed by atoms with van der Waals surface area (Å²) in [6.07, 6.45) is -0.873. The van der Waals surface area contributed by atoms with Gasteiger partial charge in [0.2, 0.25) is 6.10 Å². The largest absolute Gasteiger partial charge is 0.450 e. The van der Waals surface area contributed by atoms with Crippen LogP contribution in [0.15, 0.2) is 48.5 Å². The van der Waals surface area contributed by atoms with Crippen molar-refractivity contribution in [2.24, 2.45) is 0 Å². The molecule has 1 fully saturated rings. The molecular formula is C19H17Cl2NO3. The molecule has 3 atom stereocenters. The summed E-state index contributed by atoms with van der Waals surface area (Å²) in [5.74, 6) is -0.733. The molecule has 0 spiro atoms. The van der Waals surface area contributed by atoms with Crippen LogP contribution in [-0.4, -0.2) is 22.9 Å². The molecular weight excluding hydrogens is 361 g/mol. The first-order valence-electron chi connectivity index (χ1n) is 7.89. The Bertz CT molecular complexity index is 810. The highest BCUT2D eigenvalue weighted by Crippen LogP contribution is 2.45. The number of carbonyl (C=O) groups is 2. The van der Waals surface area contributed by atoms with Crippen molar-refractivity contribution in [3.05, 3.63) is 69.7 Å². The van der Waals surface area contributed by atoms with Gasteiger partial charge in [-0.2, -0.15) is 0 Å². The molecule has 3 rings (SSSR count). The molecule has 1 aliphatic rings. The fraction of sp³-hybridized carbons (Fsp3) is 0.263. The standard InChI is InChI=1S/C19H17Cl2NO3/c1-11(13-6-4-3-5-7-13)22-17(18(19(22)24)25-12(2)23)15-9-8-14(20)10-16(15)21/h3-11,17-18H,1-2H3/t11-,17-,18+/m0/s1. The van der Waals surface area contributed by atoms with Gasteiger partial charge in [0, 0.05) is 17.0 Å². The van der Waals surface area contributed by atoms with Crippen molar-refractivity contribution < 1.29 is 14.3 Å². The van der Waals surface area contributed by atoms with Gasteiger partial charge in [-0.1, -0.05) is 59.6 Å². The average Bonchev–Trinajstić information content (AvgIpc) is 2.58. The van der Waals surface area contributed by atoms with E-state index in [2.05, 4.69) is 0 Å². The van der Waals surface area contributed by atoms with Crippen LogP contribution in [0.5, 0.6) is 0 Å². The van der Waals surface area contributed by atoms with Gasteiger partial charge in [0.05, 0.1) is 6.04 Å². The number of β-lactam (4-membered cyclic amide) rings is 1. The molecule has 0 aromatic heterocycles. The normalized spacial score (nSPS) is 20.8. The van der Waals surface area contributed by atoms with Crippen LogP contribution in [0.25, 0.3) is 0 Å². The maximum absolute atomic E-state index is 12.7. The van der Waals surface area contributed by atoms with E-state index in [0.29, 0.717) is 15.6 Å². The minimum atomic E-state index is -0.873. The van der Waals surface area contributed by atoms with Crippen molar-refractivity contribution in [1.82, 2.24) is 4.90 Å². The van der Waals surface area contributed by atoms with Gasteiger partial charge < -0.3 is 9.64 Å². The number of hydrogen-bond acceptors (Lipinski definition) is 3. The number of halogens is 2. The molecule has 0 saturated carbocycles. The van der Waals surface area contributed by atoms with Crippen molar-refractivity contribution >= 4 is 35.1 Å². The molecule has 0 unspecified atom stereocenters. The number of carbonyl (C=O) groups excluding carboxylic acids is 2. The zero-order chi connectivity index (χ0) is 18.1. The molecule has 1 heterocycles. The van der Waals surface area contributed by atoms with Gasteiger partial charge in [-0.05, 0) is 30.2 Å². The molecule has 1 aliphatic heterocycles. The molecule has 0 radical (unpaired) electrons. The number of nitrogens with zero attached hydrogens (tertiary/aromatic N) is 1. The Morgan fingerprint density at radius 1 is 1.16 bits per heavy atom. The third kappa shape index (κ3) is 3.37. The topological polar surface area (TPSA) is 46.6 Å². The lowest BCUT2D eigenvalue weighted by Gasteiger charge is -2.49. The first-order chi connectivity index (χ1) is 11.9. The second kappa shape index (κ2) is 7.06. The summed E-state index contributed by atoms with van der Waals surface area (Å²) < 4.78 is 5.25. The minimum Gasteiger partial charge on any atom is -0.450 e. The maximum atomic E-state index is 12.7. The van der Waals surface area contributed by atoms with Crippen molar-refractivity contribution in [3.63, 3.8) is 0 Å². The number of amides is 1. The van der Waals surface area contributed by atoms with Crippen molar-refractivity contribution in [3.8, 4) is 0 Å². The third-order valence-corrected chi connectivity index (χ3v) is 4.92. The van der Waals surface area contributed by atoms with Crippen molar-refractivity contribution in [2.45, 2.75) is 32.0 Å². The smallest absolute Gasteiger partial charge is 0.303 e. The fourth-order valence-corrected chi connectivity index (χ4v) is 3.67. The van der Waals surface area contributed by atoms with Gasteiger partial charge in [-0.25, -0.2) is 0 Å². The molecule has 130 valence electrons. The van der Waals surface area contributed by atoms with E-state index < -0.39 is 18.1 Å². The van der Waals surface area contributed by atoms with E-state index in [-0.39, 0.29) is 11.9 Å². The molecule has 0 bridgehead atoms. The summed E-state index contributed by atoms with van der Waals surface area (Å²) in [6.45, 7) is 3.23. The predicted molar refractivity (Wildman–Crippen MR) is 96.5 cm³/mol. The molecule has 2 aromatic carbocycles. The van der Waals surface area contributed by atoms with E-state index in [4.69, 9.17) is 27.9 Å². The Hall–Kier alpha value is -2.04. The van der Waals surface area contributed by atoms with Gasteiger partial charge in [-0.3, -0.25) is 9.59 Å². The summed E-state index contributed by atoms with van der Waals surface area (Å²) in [5, 5.41) is 0.943. The van der Waals surface area contributed by atoms with Crippen LogP contribution < -0.4 is 0 Å². The monoisotopic (exact) mass is 377 g/mol. The molecule has 4 nitrogen and oxygen atoms in total. The van der Waals surface area contributed by atoms with Crippen LogP contribution in [0.2, 0.25) is 10.0 Å².